The van der Waals surface area contributed by atoms with Crippen molar-refractivity contribution in [1.29, 1.82) is 0 Å². The SMILES string of the molecule is COc1ccc(CN2CCOCC2)c2cc(C(=O)NCc3ccccc3)oc12. The molecule has 28 heavy (non-hydrogen) atoms. The monoisotopic (exact) mass is 380 g/mol. The molecular weight excluding hydrogens is 356 g/mol. The van der Waals surface area contributed by atoms with E-state index in [0.717, 1.165) is 49.4 Å². The summed E-state index contributed by atoms with van der Waals surface area (Å²) in [4.78, 5) is 15.0. The van der Waals surface area contributed by atoms with Crippen LogP contribution in [0.1, 0.15) is 21.7 Å². The van der Waals surface area contributed by atoms with E-state index in [1.165, 1.54) is 0 Å². The van der Waals surface area contributed by atoms with Crippen LogP contribution in [0.15, 0.2) is 52.9 Å². The van der Waals surface area contributed by atoms with Crippen LogP contribution in [0.3, 0.4) is 0 Å². The molecule has 0 saturated carbocycles. The van der Waals surface area contributed by atoms with Gasteiger partial charge in [-0.25, -0.2) is 0 Å². The smallest absolute Gasteiger partial charge is 0.287 e. The average molecular weight is 380 g/mol. The van der Waals surface area contributed by atoms with Crippen molar-refractivity contribution < 1.29 is 18.7 Å². The molecule has 3 aromatic rings. The number of hydrogen-bond donors (Lipinski definition) is 1. The zero-order chi connectivity index (χ0) is 19.3. The van der Waals surface area contributed by atoms with E-state index >= 15 is 0 Å². The Kier molecular flexibility index (Phi) is 5.60. The summed E-state index contributed by atoms with van der Waals surface area (Å²) in [5.74, 6) is 0.681. The summed E-state index contributed by atoms with van der Waals surface area (Å²) in [5.41, 5.74) is 2.76. The maximum atomic E-state index is 12.6. The quantitative estimate of drug-likeness (QED) is 0.711. The fourth-order valence-corrected chi connectivity index (χ4v) is 3.43. The second kappa shape index (κ2) is 8.46. The molecular formula is C22H24N2O4. The lowest BCUT2D eigenvalue weighted by Crippen LogP contribution is -2.35. The third-order valence-electron chi connectivity index (χ3n) is 4.97. The topological polar surface area (TPSA) is 63.9 Å². The van der Waals surface area contributed by atoms with E-state index < -0.39 is 0 Å². The molecule has 6 nitrogen and oxygen atoms in total. The first kappa shape index (κ1) is 18.5. The van der Waals surface area contributed by atoms with E-state index in [4.69, 9.17) is 13.9 Å². The molecule has 1 saturated heterocycles. The van der Waals surface area contributed by atoms with Gasteiger partial charge in [0.2, 0.25) is 0 Å². The van der Waals surface area contributed by atoms with Crippen LogP contribution in [0, 0.1) is 0 Å². The van der Waals surface area contributed by atoms with Gasteiger partial charge in [0.15, 0.2) is 17.1 Å². The van der Waals surface area contributed by atoms with Gasteiger partial charge in [0.25, 0.3) is 5.91 Å². The number of rotatable bonds is 6. The molecule has 4 rings (SSSR count). The van der Waals surface area contributed by atoms with Crippen LogP contribution in [-0.2, 0) is 17.8 Å². The minimum Gasteiger partial charge on any atom is -0.493 e. The third kappa shape index (κ3) is 4.03. The van der Waals surface area contributed by atoms with Crippen molar-refractivity contribution in [3.8, 4) is 5.75 Å². The number of carbonyl (C=O) groups is 1. The summed E-state index contributed by atoms with van der Waals surface area (Å²) in [6.07, 6.45) is 0. The van der Waals surface area contributed by atoms with Crippen LogP contribution in [-0.4, -0.2) is 44.2 Å². The van der Waals surface area contributed by atoms with E-state index in [1.807, 2.05) is 48.5 Å². The fourth-order valence-electron chi connectivity index (χ4n) is 3.43. The van der Waals surface area contributed by atoms with Gasteiger partial charge >= 0.3 is 0 Å². The predicted octanol–water partition coefficient (Wildman–Crippen LogP) is 3.20. The highest BCUT2D eigenvalue weighted by Crippen LogP contribution is 2.32. The molecule has 1 aromatic heterocycles. The van der Waals surface area contributed by atoms with Crippen molar-refractivity contribution in [3.63, 3.8) is 0 Å². The van der Waals surface area contributed by atoms with Gasteiger partial charge in [-0.1, -0.05) is 36.4 Å². The molecule has 146 valence electrons. The third-order valence-corrected chi connectivity index (χ3v) is 4.97. The van der Waals surface area contributed by atoms with Crippen LogP contribution in [0.5, 0.6) is 5.75 Å². The predicted molar refractivity (Wildman–Crippen MR) is 106 cm³/mol. The Bertz CT molecular complexity index is 946. The van der Waals surface area contributed by atoms with Gasteiger partial charge in [-0.3, -0.25) is 9.69 Å². The number of amides is 1. The van der Waals surface area contributed by atoms with E-state index in [-0.39, 0.29) is 5.91 Å². The number of nitrogens with zero attached hydrogens (tertiary/aromatic N) is 1. The van der Waals surface area contributed by atoms with E-state index in [1.54, 1.807) is 7.11 Å². The molecule has 2 heterocycles. The average Bonchev–Trinajstić information content (AvgIpc) is 3.20. The Balaban J connectivity index is 1.57. The van der Waals surface area contributed by atoms with Gasteiger partial charge in [-0.2, -0.15) is 0 Å². The van der Waals surface area contributed by atoms with E-state index in [9.17, 15) is 4.79 Å². The molecule has 0 radical (unpaired) electrons. The fraction of sp³-hybridized carbons (Fsp3) is 0.318. The number of methoxy groups -OCH3 is 1. The number of benzene rings is 2. The first-order valence-corrected chi connectivity index (χ1v) is 9.46. The Morgan fingerprint density at radius 2 is 1.93 bits per heavy atom. The number of fused-ring (bicyclic) bond motifs is 1. The number of ether oxygens (including phenoxy) is 2. The largest absolute Gasteiger partial charge is 0.493 e. The molecule has 0 aliphatic carbocycles. The molecule has 0 bridgehead atoms. The normalized spacial score (nSPS) is 14.9. The van der Waals surface area contributed by atoms with Crippen molar-refractivity contribution in [2.75, 3.05) is 33.4 Å². The van der Waals surface area contributed by atoms with Crippen LogP contribution < -0.4 is 10.1 Å². The molecule has 1 N–H and O–H groups in total. The molecule has 1 aliphatic rings. The summed E-state index contributed by atoms with van der Waals surface area (Å²) < 4.78 is 16.8. The molecule has 1 aliphatic heterocycles. The number of morpholine rings is 1. The van der Waals surface area contributed by atoms with Crippen LogP contribution >= 0.6 is 0 Å². The van der Waals surface area contributed by atoms with Gasteiger partial charge in [-0.15, -0.1) is 0 Å². The Labute approximate surface area is 164 Å². The van der Waals surface area contributed by atoms with Gasteiger partial charge < -0.3 is 19.2 Å². The van der Waals surface area contributed by atoms with Crippen molar-refractivity contribution in [3.05, 3.63) is 65.4 Å². The molecule has 2 aromatic carbocycles. The minimum atomic E-state index is -0.237. The Morgan fingerprint density at radius 1 is 1.14 bits per heavy atom. The van der Waals surface area contributed by atoms with Gasteiger partial charge in [0.05, 0.1) is 20.3 Å². The van der Waals surface area contributed by atoms with Crippen molar-refractivity contribution >= 4 is 16.9 Å². The molecule has 0 spiro atoms. The number of nitrogens with one attached hydrogen (secondary N) is 1. The Hall–Kier alpha value is -2.83. The lowest BCUT2D eigenvalue weighted by Gasteiger charge is -2.26. The lowest BCUT2D eigenvalue weighted by molar-refractivity contribution is 0.0343. The number of hydrogen-bond acceptors (Lipinski definition) is 5. The Morgan fingerprint density at radius 3 is 2.68 bits per heavy atom. The van der Waals surface area contributed by atoms with Crippen molar-refractivity contribution in [2.24, 2.45) is 0 Å². The van der Waals surface area contributed by atoms with Gasteiger partial charge in [0, 0.05) is 31.6 Å². The highest BCUT2D eigenvalue weighted by atomic mass is 16.5. The van der Waals surface area contributed by atoms with Crippen LogP contribution in [0.2, 0.25) is 0 Å². The maximum Gasteiger partial charge on any atom is 0.287 e. The minimum absolute atomic E-state index is 0.237. The number of carbonyl (C=O) groups excluding carboxylic acids is 1. The summed E-state index contributed by atoms with van der Waals surface area (Å²) in [6.45, 7) is 4.53. The molecule has 0 atom stereocenters. The van der Waals surface area contributed by atoms with Crippen LogP contribution in [0.4, 0.5) is 0 Å². The molecule has 1 fully saturated rings. The summed E-state index contributed by atoms with van der Waals surface area (Å²) in [7, 11) is 1.61. The lowest BCUT2D eigenvalue weighted by atomic mass is 10.1. The molecule has 0 unspecified atom stereocenters. The molecule has 6 heteroatoms. The maximum absolute atomic E-state index is 12.6. The summed E-state index contributed by atoms with van der Waals surface area (Å²) in [6, 6.07) is 15.5. The first-order chi connectivity index (χ1) is 13.7. The van der Waals surface area contributed by atoms with E-state index in [2.05, 4.69) is 10.2 Å². The number of furan rings is 1. The van der Waals surface area contributed by atoms with Gasteiger partial charge in [0.1, 0.15) is 0 Å². The standard InChI is InChI=1S/C22H24N2O4/c1-26-19-8-7-17(15-24-9-11-27-12-10-24)18-13-20(28-21(18)19)22(25)23-14-16-5-3-2-4-6-16/h2-8,13H,9-12,14-15H2,1H3,(H,23,25). The summed E-state index contributed by atoms with van der Waals surface area (Å²) >= 11 is 0. The van der Waals surface area contributed by atoms with Crippen LogP contribution in [0.25, 0.3) is 11.0 Å². The highest BCUT2D eigenvalue weighted by Gasteiger charge is 2.19. The van der Waals surface area contributed by atoms with Crippen molar-refractivity contribution in [2.45, 2.75) is 13.1 Å². The summed E-state index contributed by atoms with van der Waals surface area (Å²) in [5, 5.41) is 3.83. The van der Waals surface area contributed by atoms with E-state index in [0.29, 0.717) is 23.6 Å². The zero-order valence-electron chi connectivity index (χ0n) is 15.9. The zero-order valence-corrected chi connectivity index (χ0v) is 15.9. The highest BCUT2D eigenvalue weighted by molar-refractivity contribution is 5.98. The molecule has 1 amide bonds. The second-order valence-electron chi connectivity index (χ2n) is 6.84. The van der Waals surface area contributed by atoms with Crippen molar-refractivity contribution in [1.82, 2.24) is 10.2 Å². The first-order valence-electron chi connectivity index (χ1n) is 9.46. The second-order valence-corrected chi connectivity index (χ2v) is 6.84. The van der Waals surface area contributed by atoms with Gasteiger partial charge in [-0.05, 0) is 23.3 Å².